The highest BCUT2D eigenvalue weighted by Crippen LogP contribution is 2.27. The lowest BCUT2D eigenvalue weighted by atomic mass is 9.97. The number of carbonyl (C=O) groups excluding carboxylic acids is 1. The second kappa shape index (κ2) is 14.1. The molecule has 0 aromatic heterocycles. The summed E-state index contributed by atoms with van der Waals surface area (Å²) < 4.78 is 10.7. The van der Waals surface area contributed by atoms with Crippen molar-refractivity contribution >= 4 is 5.91 Å². The van der Waals surface area contributed by atoms with Crippen LogP contribution in [0.2, 0.25) is 0 Å². The second-order valence-electron chi connectivity index (χ2n) is 9.49. The van der Waals surface area contributed by atoms with Gasteiger partial charge in [-0.05, 0) is 40.8 Å². The van der Waals surface area contributed by atoms with E-state index in [0.717, 1.165) is 22.3 Å². The molecule has 0 aliphatic carbocycles. The monoisotopic (exact) mass is 524 g/mol. The molecule has 6 nitrogen and oxygen atoms in total. The molecule has 0 spiro atoms. The number of benzene rings is 4. The maximum absolute atomic E-state index is 13.4. The smallest absolute Gasteiger partial charge is 0.250 e. The molecule has 0 aliphatic rings. The molecular formula is C33H36N2O4. The molecule has 4 aromatic rings. The lowest BCUT2D eigenvalue weighted by Crippen LogP contribution is -2.51. The van der Waals surface area contributed by atoms with E-state index in [2.05, 4.69) is 34.5 Å². The average Bonchev–Trinajstić information content (AvgIpc) is 2.99. The quantitative estimate of drug-likeness (QED) is 0.258. The Morgan fingerprint density at radius 1 is 0.718 bits per heavy atom. The molecule has 0 aliphatic heterocycles. The molecule has 4 rings (SSSR count). The Kier molecular flexibility index (Phi) is 10.1. The standard InChI is InChI=1S/C33H36N2O4/c1-38-30-19-18-28(21-31(30)39-2)22-34-33(37)32(36)29(20-25-12-6-3-7-13-25)35(23-26-14-8-4-9-15-26)24-27-16-10-5-11-17-27/h3-19,21,29,32,36H,20,22-24H2,1-2H3,(H,34,37). The van der Waals surface area contributed by atoms with Gasteiger partial charge in [-0.25, -0.2) is 0 Å². The zero-order chi connectivity index (χ0) is 27.5. The van der Waals surface area contributed by atoms with Gasteiger partial charge in [0.15, 0.2) is 11.5 Å². The van der Waals surface area contributed by atoms with E-state index in [9.17, 15) is 9.90 Å². The van der Waals surface area contributed by atoms with Crippen molar-refractivity contribution in [2.24, 2.45) is 0 Å². The van der Waals surface area contributed by atoms with Crippen LogP contribution in [0.1, 0.15) is 22.3 Å². The zero-order valence-corrected chi connectivity index (χ0v) is 22.5. The van der Waals surface area contributed by atoms with Crippen molar-refractivity contribution in [1.82, 2.24) is 10.2 Å². The third-order valence-electron chi connectivity index (χ3n) is 6.76. The van der Waals surface area contributed by atoms with Crippen LogP contribution in [-0.2, 0) is 30.8 Å². The number of carbonyl (C=O) groups is 1. The number of ether oxygens (including phenoxy) is 2. The molecule has 0 fully saturated rings. The molecule has 0 saturated heterocycles. The molecule has 0 bridgehead atoms. The van der Waals surface area contributed by atoms with E-state index in [1.54, 1.807) is 20.3 Å². The van der Waals surface area contributed by atoms with Gasteiger partial charge in [-0.1, -0.05) is 97.1 Å². The number of methoxy groups -OCH3 is 2. The van der Waals surface area contributed by atoms with Crippen molar-refractivity contribution in [2.75, 3.05) is 14.2 Å². The number of nitrogens with one attached hydrogen (secondary N) is 1. The lowest BCUT2D eigenvalue weighted by Gasteiger charge is -2.35. The predicted molar refractivity (Wildman–Crippen MR) is 153 cm³/mol. The van der Waals surface area contributed by atoms with Crippen LogP contribution in [-0.4, -0.2) is 42.3 Å². The molecule has 2 atom stereocenters. The van der Waals surface area contributed by atoms with Gasteiger partial charge in [-0.2, -0.15) is 0 Å². The molecule has 1 amide bonds. The van der Waals surface area contributed by atoms with Gasteiger partial charge in [0, 0.05) is 25.7 Å². The van der Waals surface area contributed by atoms with Gasteiger partial charge < -0.3 is 19.9 Å². The van der Waals surface area contributed by atoms with E-state index in [-0.39, 0.29) is 6.54 Å². The first kappa shape index (κ1) is 27.9. The molecule has 2 unspecified atom stereocenters. The van der Waals surface area contributed by atoms with Crippen LogP contribution in [0.3, 0.4) is 0 Å². The van der Waals surface area contributed by atoms with E-state index in [1.165, 1.54) is 0 Å². The largest absolute Gasteiger partial charge is 0.493 e. The Morgan fingerprint density at radius 3 is 1.74 bits per heavy atom. The van der Waals surface area contributed by atoms with E-state index < -0.39 is 18.1 Å². The topological polar surface area (TPSA) is 71.0 Å². The highest BCUT2D eigenvalue weighted by molar-refractivity contribution is 5.81. The minimum Gasteiger partial charge on any atom is -0.493 e. The van der Waals surface area contributed by atoms with Crippen LogP contribution < -0.4 is 14.8 Å². The van der Waals surface area contributed by atoms with E-state index in [1.807, 2.05) is 78.9 Å². The van der Waals surface area contributed by atoms with E-state index >= 15 is 0 Å². The minimum atomic E-state index is -1.25. The third kappa shape index (κ3) is 7.93. The summed E-state index contributed by atoms with van der Waals surface area (Å²) in [5.74, 6) is 0.786. The first-order valence-corrected chi connectivity index (χ1v) is 13.1. The SMILES string of the molecule is COc1ccc(CNC(=O)C(O)C(Cc2ccccc2)N(Cc2ccccc2)Cc2ccccc2)cc1OC. The third-order valence-corrected chi connectivity index (χ3v) is 6.76. The Morgan fingerprint density at radius 2 is 1.23 bits per heavy atom. The van der Waals surface area contributed by atoms with Crippen molar-refractivity contribution in [3.05, 3.63) is 131 Å². The number of rotatable bonds is 13. The van der Waals surface area contributed by atoms with Gasteiger partial charge in [-0.15, -0.1) is 0 Å². The number of hydrogen-bond acceptors (Lipinski definition) is 5. The first-order chi connectivity index (χ1) is 19.1. The molecule has 6 heteroatoms. The highest BCUT2D eigenvalue weighted by atomic mass is 16.5. The molecule has 0 saturated carbocycles. The fourth-order valence-electron chi connectivity index (χ4n) is 4.68. The van der Waals surface area contributed by atoms with Gasteiger partial charge in [0.25, 0.3) is 5.91 Å². The Labute approximate surface area is 230 Å². The lowest BCUT2D eigenvalue weighted by molar-refractivity contribution is -0.133. The number of aliphatic hydroxyl groups is 1. The Bertz CT molecular complexity index is 1260. The summed E-state index contributed by atoms with van der Waals surface area (Å²) in [4.78, 5) is 15.6. The summed E-state index contributed by atoms with van der Waals surface area (Å²) in [6, 6.07) is 35.3. The van der Waals surface area contributed by atoms with E-state index in [4.69, 9.17) is 9.47 Å². The van der Waals surface area contributed by atoms with Crippen LogP contribution in [0.15, 0.2) is 109 Å². The molecule has 2 N–H and O–H groups in total. The summed E-state index contributed by atoms with van der Waals surface area (Å²) >= 11 is 0. The fourth-order valence-corrected chi connectivity index (χ4v) is 4.68. The van der Waals surface area contributed by atoms with Crippen molar-refractivity contribution in [3.63, 3.8) is 0 Å². The number of aliphatic hydroxyl groups excluding tert-OH is 1. The number of nitrogens with zero attached hydrogens (tertiary/aromatic N) is 1. The zero-order valence-electron chi connectivity index (χ0n) is 22.5. The minimum absolute atomic E-state index is 0.256. The molecule has 0 heterocycles. The summed E-state index contributed by atoms with van der Waals surface area (Å²) in [7, 11) is 3.16. The molecule has 0 radical (unpaired) electrons. The molecule has 4 aromatic carbocycles. The Balaban J connectivity index is 1.58. The average molecular weight is 525 g/mol. The van der Waals surface area contributed by atoms with Crippen LogP contribution in [0.4, 0.5) is 0 Å². The summed E-state index contributed by atoms with van der Waals surface area (Å²) in [5.41, 5.74) is 4.13. The van der Waals surface area contributed by atoms with E-state index in [0.29, 0.717) is 31.0 Å². The second-order valence-corrected chi connectivity index (χ2v) is 9.49. The summed E-state index contributed by atoms with van der Waals surface area (Å²) in [5, 5.41) is 14.5. The highest BCUT2D eigenvalue weighted by Gasteiger charge is 2.32. The fraction of sp³-hybridized carbons (Fsp3) is 0.242. The van der Waals surface area contributed by atoms with Gasteiger partial charge in [0.1, 0.15) is 6.10 Å². The molecule has 39 heavy (non-hydrogen) atoms. The van der Waals surface area contributed by atoms with Gasteiger partial charge >= 0.3 is 0 Å². The van der Waals surface area contributed by atoms with Crippen molar-refractivity contribution in [1.29, 1.82) is 0 Å². The number of amides is 1. The normalized spacial score (nSPS) is 12.5. The molecule has 202 valence electrons. The van der Waals surface area contributed by atoms with Crippen LogP contribution >= 0.6 is 0 Å². The molecular weight excluding hydrogens is 488 g/mol. The van der Waals surface area contributed by atoms with Gasteiger partial charge in [-0.3, -0.25) is 9.69 Å². The summed E-state index contributed by atoms with van der Waals surface area (Å²) in [6.07, 6.45) is -0.733. The van der Waals surface area contributed by atoms with Gasteiger partial charge in [0.05, 0.1) is 14.2 Å². The number of hydrogen-bond donors (Lipinski definition) is 2. The van der Waals surface area contributed by atoms with Crippen LogP contribution in [0.5, 0.6) is 11.5 Å². The maximum Gasteiger partial charge on any atom is 0.250 e. The Hall–Kier alpha value is -4.13. The van der Waals surface area contributed by atoms with Crippen LogP contribution in [0, 0.1) is 0 Å². The van der Waals surface area contributed by atoms with Crippen LogP contribution in [0.25, 0.3) is 0 Å². The summed E-state index contributed by atoms with van der Waals surface area (Å²) in [6.45, 7) is 1.44. The first-order valence-electron chi connectivity index (χ1n) is 13.1. The van der Waals surface area contributed by atoms with Crippen molar-refractivity contribution < 1.29 is 19.4 Å². The predicted octanol–water partition coefficient (Wildman–Crippen LogP) is 4.99. The van der Waals surface area contributed by atoms with Gasteiger partial charge in [0.2, 0.25) is 0 Å². The maximum atomic E-state index is 13.4. The van der Waals surface area contributed by atoms with Crippen molar-refractivity contribution in [3.8, 4) is 11.5 Å². The van der Waals surface area contributed by atoms with Crippen molar-refractivity contribution in [2.45, 2.75) is 38.2 Å².